The summed E-state index contributed by atoms with van der Waals surface area (Å²) in [5.74, 6) is 0.370. The Bertz CT molecular complexity index is 997. The Morgan fingerprint density at radius 3 is 2.57 bits per heavy atom. The predicted octanol–water partition coefficient (Wildman–Crippen LogP) is 5.23. The second-order valence-electron chi connectivity index (χ2n) is 6.71. The minimum Gasteiger partial charge on any atom is -0.349 e. The number of rotatable bonds is 8. The number of carbonyl (C=O) groups excluding carboxylic acids is 2. The van der Waals surface area contributed by atoms with E-state index < -0.39 is 6.04 Å². The quantitative estimate of drug-likeness (QED) is 0.471. The molecule has 30 heavy (non-hydrogen) atoms. The van der Waals surface area contributed by atoms with Crippen LogP contribution in [-0.2, 0) is 15.3 Å². The second-order valence-corrected chi connectivity index (χ2v) is 8.15. The molecule has 0 radical (unpaired) electrons. The van der Waals surface area contributed by atoms with Gasteiger partial charge in [-0.25, -0.2) is 4.98 Å². The molecular weight excluding hydrogens is 418 g/mol. The predicted molar refractivity (Wildman–Crippen MR) is 121 cm³/mol. The zero-order valence-electron chi connectivity index (χ0n) is 16.5. The van der Waals surface area contributed by atoms with Gasteiger partial charge in [0.2, 0.25) is 11.8 Å². The smallest absolute Gasteiger partial charge is 0.226 e. The topological polar surface area (TPSA) is 71.1 Å². The zero-order valence-corrected chi connectivity index (χ0v) is 18.0. The zero-order chi connectivity index (χ0) is 21.3. The van der Waals surface area contributed by atoms with Gasteiger partial charge >= 0.3 is 0 Å². The molecule has 1 aromatic heterocycles. The van der Waals surface area contributed by atoms with Crippen LogP contribution < -0.4 is 10.6 Å². The van der Waals surface area contributed by atoms with Crippen LogP contribution in [0.5, 0.6) is 0 Å². The van der Waals surface area contributed by atoms with E-state index in [4.69, 9.17) is 11.6 Å². The molecule has 0 fully saturated rings. The molecular formula is C23H22ClN3O2S. The first kappa shape index (κ1) is 21.9. The van der Waals surface area contributed by atoms with Gasteiger partial charge in [-0.05, 0) is 47.5 Å². The molecule has 1 unspecified atom stereocenters. The van der Waals surface area contributed by atoms with Crippen molar-refractivity contribution in [1.82, 2.24) is 10.3 Å². The maximum Gasteiger partial charge on any atom is 0.226 e. The summed E-state index contributed by atoms with van der Waals surface area (Å²) in [6.45, 7) is 1.43. The number of thioether (sulfide) groups is 1. The lowest BCUT2D eigenvalue weighted by atomic mass is 10.0. The van der Waals surface area contributed by atoms with Crippen molar-refractivity contribution < 1.29 is 9.59 Å². The maximum absolute atomic E-state index is 12.6. The van der Waals surface area contributed by atoms with Gasteiger partial charge < -0.3 is 10.6 Å². The highest BCUT2D eigenvalue weighted by Gasteiger charge is 2.17. The fourth-order valence-corrected chi connectivity index (χ4v) is 3.85. The van der Waals surface area contributed by atoms with Gasteiger partial charge in [-0.3, -0.25) is 9.59 Å². The van der Waals surface area contributed by atoms with Crippen LogP contribution in [0.25, 0.3) is 0 Å². The molecule has 2 N–H and O–H groups in total. The van der Waals surface area contributed by atoms with Crippen molar-refractivity contribution in [2.24, 2.45) is 0 Å². The number of hydrogen-bond donors (Lipinski definition) is 2. The van der Waals surface area contributed by atoms with Crippen molar-refractivity contribution >= 4 is 40.9 Å². The van der Waals surface area contributed by atoms with Crippen molar-refractivity contribution in [3.63, 3.8) is 0 Å². The van der Waals surface area contributed by atoms with Gasteiger partial charge in [0.25, 0.3) is 0 Å². The number of amides is 2. The fourth-order valence-electron chi connectivity index (χ4n) is 2.92. The van der Waals surface area contributed by atoms with E-state index in [0.717, 1.165) is 27.6 Å². The lowest BCUT2D eigenvalue weighted by molar-refractivity contribution is -0.120. The van der Waals surface area contributed by atoms with Gasteiger partial charge in [0, 0.05) is 29.6 Å². The number of carbonyl (C=O) groups is 2. The van der Waals surface area contributed by atoms with Gasteiger partial charge in [0.1, 0.15) is 0 Å². The van der Waals surface area contributed by atoms with Crippen molar-refractivity contribution in [3.8, 4) is 0 Å². The first-order chi connectivity index (χ1) is 14.5. The lowest BCUT2D eigenvalue weighted by Gasteiger charge is -2.18. The van der Waals surface area contributed by atoms with Crippen LogP contribution in [0.15, 0.2) is 78.0 Å². The standard InChI is InChI=1S/C23H22ClN3O2S/c1-16(28)26-21(18-8-10-19(24)11-9-18)14-22(29)27-20-6-4-5-17(13-20)15-30-23-7-2-3-12-25-23/h2-13,21H,14-15H2,1H3,(H,26,28)(H,27,29). The highest BCUT2D eigenvalue weighted by molar-refractivity contribution is 7.98. The molecule has 1 atom stereocenters. The molecule has 2 amide bonds. The Morgan fingerprint density at radius 2 is 1.87 bits per heavy atom. The van der Waals surface area contributed by atoms with Crippen molar-refractivity contribution in [2.75, 3.05) is 5.32 Å². The Morgan fingerprint density at radius 1 is 1.07 bits per heavy atom. The summed E-state index contributed by atoms with van der Waals surface area (Å²) in [5.41, 5.74) is 2.63. The van der Waals surface area contributed by atoms with Crippen LogP contribution in [0.4, 0.5) is 5.69 Å². The maximum atomic E-state index is 12.6. The third kappa shape index (κ3) is 6.90. The molecule has 7 heteroatoms. The van der Waals surface area contributed by atoms with E-state index in [1.54, 1.807) is 30.1 Å². The normalized spacial score (nSPS) is 11.5. The third-order valence-electron chi connectivity index (χ3n) is 4.27. The molecule has 1 heterocycles. The van der Waals surface area contributed by atoms with Crippen molar-refractivity contribution in [2.45, 2.75) is 30.2 Å². The summed E-state index contributed by atoms with van der Waals surface area (Å²) in [4.78, 5) is 28.5. The van der Waals surface area contributed by atoms with Crippen LogP contribution in [0.3, 0.4) is 0 Å². The van der Waals surface area contributed by atoms with E-state index >= 15 is 0 Å². The van der Waals surface area contributed by atoms with E-state index in [1.165, 1.54) is 6.92 Å². The first-order valence-corrected chi connectivity index (χ1v) is 10.8. The molecule has 0 aliphatic heterocycles. The van der Waals surface area contributed by atoms with Gasteiger partial charge in [0.05, 0.1) is 17.5 Å². The Labute approximate surface area is 185 Å². The molecule has 0 saturated heterocycles. The lowest BCUT2D eigenvalue weighted by Crippen LogP contribution is -2.29. The van der Waals surface area contributed by atoms with Crippen LogP contribution in [-0.4, -0.2) is 16.8 Å². The Kier molecular flexibility index (Phi) is 7.88. The number of nitrogens with zero attached hydrogens (tertiary/aromatic N) is 1. The van der Waals surface area contributed by atoms with Gasteiger partial charge in [0.15, 0.2) is 0 Å². The molecule has 0 spiro atoms. The van der Waals surface area contributed by atoms with E-state index in [9.17, 15) is 9.59 Å². The first-order valence-electron chi connectivity index (χ1n) is 9.45. The van der Waals surface area contributed by atoms with E-state index in [2.05, 4.69) is 15.6 Å². The van der Waals surface area contributed by atoms with Crippen LogP contribution in [0.1, 0.15) is 30.5 Å². The fraction of sp³-hybridized carbons (Fsp3) is 0.174. The SMILES string of the molecule is CC(=O)NC(CC(=O)Nc1cccc(CSc2ccccn2)c1)c1ccc(Cl)cc1. The average molecular weight is 440 g/mol. The molecule has 154 valence electrons. The summed E-state index contributed by atoms with van der Waals surface area (Å²) in [6.07, 6.45) is 1.89. The largest absolute Gasteiger partial charge is 0.349 e. The Hall–Kier alpha value is -2.83. The number of aromatic nitrogens is 1. The third-order valence-corrected chi connectivity index (χ3v) is 5.54. The van der Waals surface area contributed by atoms with Gasteiger partial charge in [-0.15, -0.1) is 11.8 Å². The highest BCUT2D eigenvalue weighted by Crippen LogP contribution is 2.23. The monoisotopic (exact) mass is 439 g/mol. The summed E-state index contributed by atoms with van der Waals surface area (Å²) in [5, 5.41) is 7.31. The molecule has 0 aliphatic carbocycles. The summed E-state index contributed by atoms with van der Waals surface area (Å²) >= 11 is 7.58. The number of anilines is 1. The molecule has 2 aromatic carbocycles. The van der Waals surface area contributed by atoms with Crippen LogP contribution >= 0.6 is 23.4 Å². The van der Waals surface area contributed by atoms with Gasteiger partial charge in [-0.2, -0.15) is 0 Å². The van der Waals surface area contributed by atoms with Crippen LogP contribution in [0.2, 0.25) is 5.02 Å². The average Bonchev–Trinajstić information content (AvgIpc) is 2.73. The molecule has 0 aliphatic rings. The van der Waals surface area contributed by atoms with Crippen molar-refractivity contribution in [3.05, 3.63) is 89.1 Å². The number of hydrogen-bond acceptors (Lipinski definition) is 4. The molecule has 3 rings (SSSR count). The van der Waals surface area contributed by atoms with Crippen molar-refractivity contribution in [1.29, 1.82) is 0 Å². The van der Waals surface area contributed by atoms with E-state index in [1.807, 2.05) is 54.6 Å². The van der Waals surface area contributed by atoms with Gasteiger partial charge in [-0.1, -0.05) is 41.9 Å². The summed E-state index contributed by atoms with van der Waals surface area (Å²) in [6, 6.07) is 20.2. The summed E-state index contributed by atoms with van der Waals surface area (Å²) < 4.78 is 0. The Balaban J connectivity index is 1.62. The number of pyridine rings is 1. The van der Waals surface area contributed by atoms with E-state index in [0.29, 0.717) is 5.02 Å². The summed E-state index contributed by atoms with van der Waals surface area (Å²) in [7, 11) is 0. The minimum absolute atomic E-state index is 0.119. The highest BCUT2D eigenvalue weighted by atomic mass is 35.5. The second kappa shape index (κ2) is 10.8. The molecule has 5 nitrogen and oxygen atoms in total. The number of halogens is 1. The van der Waals surface area contributed by atoms with Crippen LogP contribution in [0, 0.1) is 0 Å². The minimum atomic E-state index is -0.428. The van der Waals surface area contributed by atoms with E-state index in [-0.39, 0.29) is 18.2 Å². The number of nitrogens with one attached hydrogen (secondary N) is 2. The molecule has 0 bridgehead atoms. The molecule has 3 aromatic rings. The number of benzene rings is 2. The molecule has 0 saturated carbocycles.